The molecule has 0 amide bonds. The number of pyridine rings is 1. The van der Waals surface area contributed by atoms with Gasteiger partial charge in [0, 0.05) is 22.3 Å². The molecule has 3 aromatic rings. The van der Waals surface area contributed by atoms with Crippen LogP contribution in [0.5, 0.6) is 0 Å². The first kappa shape index (κ1) is 14.3. The second kappa shape index (κ2) is 6.41. The zero-order valence-electron chi connectivity index (χ0n) is 12.0. The minimum Gasteiger partial charge on any atom is -0.310 e. The van der Waals surface area contributed by atoms with Crippen molar-refractivity contribution in [1.29, 1.82) is 0 Å². The van der Waals surface area contributed by atoms with Crippen LogP contribution in [0, 0.1) is 0 Å². The van der Waals surface area contributed by atoms with Crippen LogP contribution in [0.2, 0.25) is 0 Å². The molecule has 1 atom stereocenters. The molecular formula is C17H18BrN3. The number of benzene rings is 1. The fourth-order valence-electron chi connectivity index (χ4n) is 2.66. The van der Waals surface area contributed by atoms with Gasteiger partial charge in [0.15, 0.2) is 0 Å². The lowest BCUT2D eigenvalue weighted by Crippen LogP contribution is -2.22. The van der Waals surface area contributed by atoms with Gasteiger partial charge < -0.3 is 5.32 Å². The number of fused-ring (bicyclic) bond motifs is 1. The van der Waals surface area contributed by atoms with Gasteiger partial charge >= 0.3 is 0 Å². The van der Waals surface area contributed by atoms with E-state index in [1.54, 1.807) is 0 Å². The lowest BCUT2D eigenvalue weighted by Gasteiger charge is -2.17. The fraction of sp³-hybridized carbons (Fsp3) is 0.235. The van der Waals surface area contributed by atoms with Crippen molar-refractivity contribution in [1.82, 2.24) is 14.9 Å². The zero-order valence-corrected chi connectivity index (χ0v) is 13.5. The van der Waals surface area contributed by atoms with Crippen LogP contribution < -0.4 is 5.32 Å². The summed E-state index contributed by atoms with van der Waals surface area (Å²) < 4.78 is 3.05. The molecule has 0 aliphatic heterocycles. The molecule has 3 nitrogen and oxygen atoms in total. The summed E-state index contributed by atoms with van der Waals surface area (Å²) in [5.41, 5.74) is 3.72. The number of nitrogens with one attached hydrogen (secondary N) is 1. The van der Waals surface area contributed by atoms with Gasteiger partial charge in [0.05, 0.1) is 11.7 Å². The molecule has 0 radical (unpaired) electrons. The Kier molecular flexibility index (Phi) is 4.36. The van der Waals surface area contributed by atoms with Gasteiger partial charge in [0.1, 0.15) is 0 Å². The zero-order chi connectivity index (χ0) is 14.7. The first-order valence-corrected chi connectivity index (χ1v) is 7.97. The van der Waals surface area contributed by atoms with Crippen molar-refractivity contribution < 1.29 is 0 Å². The largest absolute Gasteiger partial charge is 0.310 e. The molecule has 1 unspecified atom stereocenters. The summed E-state index contributed by atoms with van der Waals surface area (Å²) in [6.07, 6.45) is 4.91. The van der Waals surface area contributed by atoms with Crippen LogP contribution >= 0.6 is 15.9 Å². The molecule has 0 fully saturated rings. The number of rotatable bonds is 5. The van der Waals surface area contributed by atoms with E-state index in [9.17, 15) is 0 Å². The molecule has 108 valence electrons. The molecule has 21 heavy (non-hydrogen) atoms. The third-order valence-corrected chi connectivity index (χ3v) is 4.10. The number of aromatic nitrogens is 2. The van der Waals surface area contributed by atoms with E-state index in [2.05, 4.69) is 69.7 Å². The second-order valence-electron chi connectivity index (χ2n) is 5.07. The Morgan fingerprint density at radius 3 is 2.95 bits per heavy atom. The van der Waals surface area contributed by atoms with Gasteiger partial charge in [-0.15, -0.1) is 0 Å². The third-order valence-electron chi connectivity index (χ3n) is 3.61. The maximum Gasteiger partial charge on any atom is 0.0709 e. The molecule has 0 aliphatic rings. The van der Waals surface area contributed by atoms with E-state index in [0.29, 0.717) is 0 Å². The Hall–Kier alpha value is -1.65. The molecule has 3 rings (SSSR count). The highest BCUT2D eigenvalue weighted by Gasteiger charge is 2.16. The smallest absolute Gasteiger partial charge is 0.0709 e. The molecule has 0 saturated heterocycles. The quantitative estimate of drug-likeness (QED) is 0.758. The Balaban J connectivity index is 1.94. The van der Waals surface area contributed by atoms with E-state index < -0.39 is 0 Å². The first-order chi connectivity index (χ1) is 10.3. The predicted molar refractivity (Wildman–Crippen MR) is 89.5 cm³/mol. The van der Waals surface area contributed by atoms with Gasteiger partial charge in [-0.2, -0.15) is 5.10 Å². The van der Waals surface area contributed by atoms with Crippen LogP contribution in [0.3, 0.4) is 0 Å². The van der Waals surface area contributed by atoms with Crippen molar-refractivity contribution in [3.8, 4) is 0 Å². The van der Waals surface area contributed by atoms with Gasteiger partial charge in [0.25, 0.3) is 0 Å². The van der Waals surface area contributed by atoms with Crippen molar-refractivity contribution in [3.05, 3.63) is 70.5 Å². The van der Waals surface area contributed by atoms with Crippen molar-refractivity contribution >= 4 is 21.4 Å². The molecular weight excluding hydrogens is 326 g/mol. The van der Waals surface area contributed by atoms with E-state index in [1.165, 1.54) is 16.6 Å². The molecule has 1 N–H and O–H groups in total. The SMILES string of the molecule is CCNC(Cc1cccc(Br)c1)c1cnn2ccccc12. The summed E-state index contributed by atoms with van der Waals surface area (Å²) >= 11 is 3.54. The lowest BCUT2D eigenvalue weighted by molar-refractivity contribution is 0.553. The summed E-state index contributed by atoms with van der Waals surface area (Å²) in [6, 6.07) is 14.9. The van der Waals surface area contributed by atoms with E-state index in [-0.39, 0.29) is 6.04 Å². The predicted octanol–water partition coefficient (Wildman–Crippen LogP) is 3.99. The van der Waals surface area contributed by atoms with Crippen molar-refractivity contribution in [2.24, 2.45) is 0 Å². The maximum absolute atomic E-state index is 4.45. The maximum atomic E-state index is 4.45. The highest BCUT2D eigenvalue weighted by Crippen LogP contribution is 2.24. The number of hydrogen-bond donors (Lipinski definition) is 1. The topological polar surface area (TPSA) is 29.3 Å². The van der Waals surface area contributed by atoms with Crippen molar-refractivity contribution in [3.63, 3.8) is 0 Å². The molecule has 1 aromatic carbocycles. The van der Waals surface area contributed by atoms with Crippen molar-refractivity contribution in [2.75, 3.05) is 6.54 Å². The van der Waals surface area contributed by atoms with Crippen LogP contribution in [0.4, 0.5) is 0 Å². The standard InChI is InChI=1S/C17H18BrN3/c1-2-19-16(11-13-6-5-7-14(18)10-13)15-12-20-21-9-4-3-8-17(15)21/h3-10,12,16,19H,2,11H2,1H3. The van der Waals surface area contributed by atoms with Gasteiger partial charge in [0.2, 0.25) is 0 Å². The molecule has 0 aliphatic carbocycles. The van der Waals surface area contributed by atoms with Gasteiger partial charge in [-0.3, -0.25) is 0 Å². The molecule has 2 heterocycles. The monoisotopic (exact) mass is 343 g/mol. The fourth-order valence-corrected chi connectivity index (χ4v) is 3.11. The number of likely N-dealkylation sites (N-methyl/N-ethyl adjacent to an activating group) is 1. The summed E-state index contributed by atoms with van der Waals surface area (Å²) in [5.74, 6) is 0. The summed E-state index contributed by atoms with van der Waals surface area (Å²) in [7, 11) is 0. The first-order valence-electron chi connectivity index (χ1n) is 7.18. The van der Waals surface area contributed by atoms with Gasteiger partial charge in [-0.25, -0.2) is 4.52 Å². The van der Waals surface area contributed by atoms with Gasteiger partial charge in [-0.1, -0.05) is 41.1 Å². The highest BCUT2D eigenvalue weighted by molar-refractivity contribution is 9.10. The summed E-state index contributed by atoms with van der Waals surface area (Å²) in [6.45, 7) is 3.07. The summed E-state index contributed by atoms with van der Waals surface area (Å²) in [5, 5.41) is 8.02. The lowest BCUT2D eigenvalue weighted by atomic mass is 10.00. The van der Waals surface area contributed by atoms with E-state index in [1.807, 2.05) is 23.0 Å². The number of halogens is 1. The van der Waals surface area contributed by atoms with Crippen LogP contribution in [0.1, 0.15) is 24.1 Å². The van der Waals surface area contributed by atoms with Crippen molar-refractivity contribution in [2.45, 2.75) is 19.4 Å². The molecule has 4 heteroatoms. The van der Waals surface area contributed by atoms with Gasteiger partial charge in [-0.05, 0) is 42.8 Å². The molecule has 0 saturated carbocycles. The normalized spacial score (nSPS) is 12.7. The Labute approximate surface area is 133 Å². The second-order valence-corrected chi connectivity index (χ2v) is 5.99. The summed E-state index contributed by atoms with van der Waals surface area (Å²) in [4.78, 5) is 0. The molecule has 2 aromatic heterocycles. The Bertz CT molecular complexity index is 735. The average molecular weight is 344 g/mol. The van der Waals surface area contributed by atoms with Crippen LogP contribution in [-0.2, 0) is 6.42 Å². The molecule has 0 spiro atoms. The third kappa shape index (κ3) is 3.17. The Morgan fingerprint density at radius 1 is 1.24 bits per heavy atom. The minimum atomic E-state index is 0.268. The highest BCUT2D eigenvalue weighted by atomic mass is 79.9. The minimum absolute atomic E-state index is 0.268. The van der Waals surface area contributed by atoms with E-state index >= 15 is 0 Å². The van der Waals surface area contributed by atoms with E-state index in [0.717, 1.165) is 17.4 Å². The van der Waals surface area contributed by atoms with E-state index in [4.69, 9.17) is 0 Å². The van der Waals surface area contributed by atoms with Crippen LogP contribution in [-0.4, -0.2) is 16.2 Å². The number of nitrogens with zero attached hydrogens (tertiary/aromatic N) is 2. The number of hydrogen-bond acceptors (Lipinski definition) is 2. The van der Waals surface area contributed by atoms with Crippen LogP contribution in [0.25, 0.3) is 5.52 Å². The Morgan fingerprint density at radius 2 is 2.14 bits per heavy atom. The average Bonchev–Trinajstić information content (AvgIpc) is 2.91. The van der Waals surface area contributed by atoms with Crippen LogP contribution in [0.15, 0.2) is 59.3 Å². The molecule has 0 bridgehead atoms.